The monoisotopic (exact) mass is 426 g/mol. The number of benzene rings is 3. The van der Waals surface area contributed by atoms with Crippen molar-refractivity contribution in [1.82, 2.24) is 0 Å². The molecule has 1 amide bonds. The van der Waals surface area contributed by atoms with Gasteiger partial charge in [-0.25, -0.2) is 8.42 Å². The predicted octanol–water partition coefficient (Wildman–Crippen LogP) is 3.82. The molecule has 7 nitrogen and oxygen atoms in total. The molecule has 156 valence electrons. The molecule has 0 heterocycles. The first kappa shape index (κ1) is 21.2. The van der Waals surface area contributed by atoms with Crippen LogP contribution in [-0.2, 0) is 14.8 Å². The Kier molecular flexibility index (Phi) is 6.58. The van der Waals surface area contributed by atoms with E-state index in [0.717, 1.165) is 5.56 Å². The van der Waals surface area contributed by atoms with E-state index in [0.29, 0.717) is 22.9 Å². The lowest BCUT2D eigenvalue weighted by atomic mass is 10.2. The average Bonchev–Trinajstić information content (AvgIpc) is 2.74. The normalized spacial score (nSPS) is 10.9. The molecule has 3 aromatic carbocycles. The van der Waals surface area contributed by atoms with E-state index in [2.05, 4.69) is 10.0 Å². The van der Waals surface area contributed by atoms with Crippen LogP contribution in [0.4, 0.5) is 11.4 Å². The smallest absolute Gasteiger partial charge is 0.262 e. The second-order valence-corrected chi connectivity index (χ2v) is 8.19. The van der Waals surface area contributed by atoms with Gasteiger partial charge in [-0.15, -0.1) is 0 Å². The lowest BCUT2D eigenvalue weighted by Crippen LogP contribution is -2.20. The molecule has 8 heteroatoms. The Balaban J connectivity index is 1.55. The number of nitrogens with one attached hydrogen (secondary N) is 2. The van der Waals surface area contributed by atoms with E-state index in [4.69, 9.17) is 9.47 Å². The molecule has 0 atom stereocenters. The summed E-state index contributed by atoms with van der Waals surface area (Å²) >= 11 is 0. The van der Waals surface area contributed by atoms with Gasteiger partial charge in [0.2, 0.25) is 0 Å². The molecule has 0 radical (unpaired) electrons. The van der Waals surface area contributed by atoms with Gasteiger partial charge >= 0.3 is 0 Å². The quantitative estimate of drug-likeness (QED) is 0.571. The van der Waals surface area contributed by atoms with Crippen LogP contribution in [0.25, 0.3) is 0 Å². The highest BCUT2D eigenvalue weighted by Crippen LogP contribution is 2.20. The molecular weight excluding hydrogens is 404 g/mol. The molecule has 0 aliphatic heterocycles. The number of methoxy groups -OCH3 is 1. The minimum absolute atomic E-state index is 0.0955. The van der Waals surface area contributed by atoms with Crippen LogP contribution in [0.5, 0.6) is 11.5 Å². The first-order valence-electron chi connectivity index (χ1n) is 9.12. The van der Waals surface area contributed by atoms with Gasteiger partial charge in [0.1, 0.15) is 11.5 Å². The second-order valence-electron chi connectivity index (χ2n) is 6.51. The number of carbonyl (C=O) groups is 1. The largest absolute Gasteiger partial charge is 0.497 e. The third-order valence-electron chi connectivity index (χ3n) is 4.18. The second kappa shape index (κ2) is 9.32. The van der Waals surface area contributed by atoms with Crippen molar-refractivity contribution in [2.45, 2.75) is 11.8 Å². The molecule has 0 unspecified atom stereocenters. The Morgan fingerprint density at radius 1 is 0.833 bits per heavy atom. The summed E-state index contributed by atoms with van der Waals surface area (Å²) in [7, 11) is -2.15. The van der Waals surface area contributed by atoms with Crippen LogP contribution in [-0.4, -0.2) is 28.0 Å². The Hall–Kier alpha value is -3.52. The summed E-state index contributed by atoms with van der Waals surface area (Å²) < 4.78 is 38.0. The Labute approximate surface area is 175 Å². The molecule has 0 spiro atoms. The summed E-state index contributed by atoms with van der Waals surface area (Å²) in [4.78, 5) is 12.1. The predicted molar refractivity (Wildman–Crippen MR) is 116 cm³/mol. The summed E-state index contributed by atoms with van der Waals surface area (Å²) in [5.41, 5.74) is 2.14. The molecule has 30 heavy (non-hydrogen) atoms. The van der Waals surface area contributed by atoms with Crippen molar-refractivity contribution in [3.05, 3.63) is 78.4 Å². The number of carbonyl (C=O) groups excluding carboxylic acids is 1. The van der Waals surface area contributed by atoms with Crippen molar-refractivity contribution in [3.63, 3.8) is 0 Å². The molecule has 0 aromatic heterocycles. The number of ether oxygens (including phenoxy) is 2. The highest BCUT2D eigenvalue weighted by Gasteiger charge is 2.14. The standard InChI is InChI=1S/C22H22N2O5S/c1-16-3-5-18(6-4-16)24-30(26,27)21-13-11-20(12-14-21)29-15-22(25)23-17-7-9-19(28-2)10-8-17/h3-14,24H,15H2,1-2H3,(H,23,25). The number of rotatable bonds is 8. The first-order chi connectivity index (χ1) is 14.4. The fourth-order valence-corrected chi connectivity index (χ4v) is 3.63. The maximum Gasteiger partial charge on any atom is 0.262 e. The molecular formula is C22H22N2O5S. The minimum atomic E-state index is -3.72. The van der Waals surface area contributed by atoms with Gasteiger partial charge in [0, 0.05) is 11.4 Å². The summed E-state index contributed by atoms with van der Waals surface area (Å²) in [6.07, 6.45) is 0. The van der Waals surface area contributed by atoms with Gasteiger partial charge < -0.3 is 14.8 Å². The Morgan fingerprint density at radius 2 is 1.40 bits per heavy atom. The number of sulfonamides is 1. The molecule has 3 rings (SSSR count). The van der Waals surface area contributed by atoms with Gasteiger partial charge in [-0.2, -0.15) is 0 Å². The summed E-state index contributed by atoms with van der Waals surface area (Å²) in [6.45, 7) is 1.72. The summed E-state index contributed by atoms with van der Waals surface area (Å²) in [5.74, 6) is 0.739. The molecule has 0 aliphatic rings. The minimum Gasteiger partial charge on any atom is -0.497 e. The number of hydrogen-bond acceptors (Lipinski definition) is 5. The molecule has 0 fully saturated rings. The third kappa shape index (κ3) is 5.74. The number of anilines is 2. The van der Waals surface area contributed by atoms with E-state index < -0.39 is 10.0 Å². The van der Waals surface area contributed by atoms with Crippen molar-refractivity contribution in [2.24, 2.45) is 0 Å². The number of aryl methyl sites for hydroxylation is 1. The van der Waals surface area contributed by atoms with Crippen LogP contribution in [0, 0.1) is 6.92 Å². The average molecular weight is 426 g/mol. The molecule has 3 aromatic rings. The molecule has 2 N–H and O–H groups in total. The molecule has 0 aliphatic carbocycles. The lowest BCUT2D eigenvalue weighted by Gasteiger charge is -2.10. The van der Waals surface area contributed by atoms with Crippen LogP contribution in [0.15, 0.2) is 77.7 Å². The van der Waals surface area contributed by atoms with Gasteiger partial charge in [-0.3, -0.25) is 9.52 Å². The van der Waals surface area contributed by atoms with Crippen molar-refractivity contribution < 1.29 is 22.7 Å². The van der Waals surface area contributed by atoms with Crippen LogP contribution in [0.2, 0.25) is 0 Å². The highest BCUT2D eigenvalue weighted by molar-refractivity contribution is 7.92. The fraction of sp³-hybridized carbons (Fsp3) is 0.136. The van der Waals surface area contributed by atoms with Gasteiger partial charge in [0.15, 0.2) is 6.61 Å². The van der Waals surface area contributed by atoms with Crippen LogP contribution < -0.4 is 19.5 Å². The van der Waals surface area contributed by atoms with E-state index in [-0.39, 0.29) is 17.4 Å². The maximum absolute atomic E-state index is 12.5. The zero-order valence-electron chi connectivity index (χ0n) is 16.6. The Morgan fingerprint density at radius 3 is 2.00 bits per heavy atom. The van der Waals surface area contributed by atoms with Gasteiger partial charge in [0.25, 0.3) is 15.9 Å². The summed E-state index contributed by atoms with van der Waals surface area (Å²) in [6, 6.07) is 19.8. The van der Waals surface area contributed by atoms with Crippen LogP contribution in [0.1, 0.15) is 5.56 Å². The van der Waals surface area contributed by atoms with Gasteiger partial charge in [0.05, 0.1) is 12.0 Å². The van der Waals surface area contributed by atoms with Gasteiger partial charge in [-0.1, -0.05) is 17.7 Å². The third-order valence-corrected chi connectivity index (χ3v) is 5.58. The van der Waals surface area contributed by atoms with E-state index in [1.165, 1.54) is 24.3 Å². The van der Waals surface area contributed by atoms with Crippen molar-refractivity contribution in [3.8, 4) is 11.5 Å². The summed E-state index contributed by atoms with van der Waals surface area (Å²) in [5, 5.41) is 2.70. The molecule has 0 saturated heterocycles. The number of hydrogen-bond donors (Lipinski definition) is 2. The zero-order chi connectivity index (χ0) is 21.6. The van der Waals surface area contributed by atoms with Crippen LogP contribution >= 0.6 is 0 Å². The van der Waals surface area contributed by atoms with E-state index in [1.807, 2.05) is 19.1 Å². The SMILES string of the molecule is COc1ccc(NC(=O)COc2ccc(S(=O)(=O)Nc3ccc(C)cc3)cc2)cc1. The van der Waals surface area contributed by atoms with Crippen LogP contribution in [0.3, 0.4) is 0 Å². The fourth-order valence-electron chi connectivity index (χ4n) is 2.57. The van der Waals surface area contributed by atoms with Gasteiger partial charge in [-0.05, 0) is 67.6 Å². The van der Waals surface area contributed by atoms with E-state index in [1.54, 1.807) is 43.5 Å². The van der Waals surface area contributed by atoms with E-state index >= 15 is 0 Å². The zero-order valence-corrected chi connectivity index (χ0v) is 17.4. The molecule has 0 bridgehead atoms. The molecule has 0 saturated carbocycles. The van der Waals surface area contributed by atoms with Crippen molar-refractivity contribution in [2.75, 3.05) is 23.8 Å². The maximum atomic E-state index is 12.5. The lowest BCUT2D eigenvalue weighted by molar-refractivity contribution is -0.118. The first-order valence-corrected chi connectivity index (χ1v) is 10.6. The van der Waals surface area contributed by atoms with Crippen molar-refractivity contribution >= 4 is 27.3 Å². The van der Waals surface area contributed by atoms with E-state index in [9.17, 15) is 13.2 Å². The number of amides is 1. The topological polar surface area (TPSA) is 93.7 Å². The highest BCUT2D eigenvalue weighted by atomic mass is 32.2. The Bertz CT molecular complexity index is 1090. The van der Waals surface area contributed by atoms with Crippen molar-refractivity contribution in [1.29, 1.82) is 0 Å².